The van der Waals surface area contributed by atoms with Crippen molar-refractivity contribution in [2.45, 2.75) is 13.8 Å². The monoisotopic (exact) mass is 262 g/mol. The van der Waals surface area contributed by atoms with Crippen molar-refractivity contribution in [3.63, 3.8) is 0 Å². The molecule has 19 heavy (non-hydrogen) atoms. The van der Waals surface area contributed by atoms with Gasteiger partial charge in [-0.15, -0.1) is 0 Å². The van der Waals surface area contributed by atoms with Crippen LogP contribution in [0.15, 0.2) is 18.2 Å². The summed E-state index contributed by atoms with van der Waals surface area (Å²) in [6, 6.07) is 4.89. The number of nitrogen functional groups attached to an aromatic ring is 1. The summed E-state index contributed by atoms with van der Waals surface area (Å²) in [5, 5.41) is 17.7. The van der Waals surface area contributed by atoms with Crippen molar-refractivity contribution in [3.05, 3.63) is 33.9 Å². The van der Waals surface area contributed by atoms with Gasteiger partial charge in [-0.3, -0.25) is 15.2 Å². The van der Waals surface area contributed by atoms with Crippen molar-refractivity contribution in [1.82, 2.24) is 10.2 Å². The highest BCUT2D eigenvalue weighted by molar-refractivity contribution is 5.75. The lowest BCUT2D eigenvalue weighted by molar-refractivity contribution is -0.385. The second-order valence-corrected chi connectivity index (χ2v) is 4.06. The zero-order valence-electron chi connectivity index (χ0n) is 10.6. The third-order valence-corrected chi connectivity index (χ3v) is 2.59. The van der Waals surface area contributed by atoms with Crippen molar-refractivity contribution < 1.29 is 9.66 Å². The van der Waals surface area contributed by atoms with Crippen LogP contribution in [0.2, 0.25) is 0 Å². The van der Waals surface area contributed by atoms with E-state index in [1.165, 1.54) is 6.07 Å². The molecule has 100 valence electrons. The molecule has 1 heterocycles. The Morgan fingerprint density at radius 1 is 1.47 bits per heavy atom. The van der Waals surface area contributed by atoms with Crippen LogP contribution in [0.5, 0.6) is 5.75 Å². The molecule has 0 aliphatic heterocycles. The molecule has 0 fully saturated rings. The van der Waals surface area contributed by atoms with E-state index in [0.29, 0.717) is 23.7 Å². The van der Waals surface area contributed by atoms with Gasteiger partial charge in [0.1, 0.15) is 5.82 Å². The number of nitrogens with zero attached hydrogens (tertiary/aromatic N) is 2. The van der Waals surface area contributed by atoms with Crippen LogP contribution < -0.4 is 10.5 Å². The van der Waals surface area contributed by atoms with Gasteiger partial charge in [-0.25, -0.2) is 0 Å². The normalized spacial score (nSPS) is 10.4. The summed E-state index contributed by atoms with van der Waals surface area (Å²) in [5.74, 6) is 0.545. The number of nitro benzene ring substituents is 1. The van der Waals surface area contributed by atoms with E-state index < -0.39 is 4.92 Å². The van der Waals surface area contributed by atoms with Crippen LogP contribution in [0.4, 0.5) is 11.5 Å². The molecule has 0 saturated heterocycles. The molecule has 0 aliphatic carbocycles. The smallest absolute Gasteiger partial charge is 0.311 e. The summed E-state index contributed by atoms with van der Waals surface area (Å²) in [6.45, 7) is 3.89. The van der Waals surface area contributed by atoms with Gasteiger partial charge in [0, 0.05) is 17.7 Å². The fraction of sp³-hybridized carbons (Fsp3) is 0.250. The first-order chi connectivity index (χ1) is 9.02. The number of anilines is 1. The molecule has 7 nitrogen and oxygen atoms in total. The van der Waals surface area contributed by atoms with Gasteiger partial charge in [-0.1, -0.05) is 0 Å². The minimum Gasteiger partial charge on any atom is -0.487 e. The average Bonchev–Trinajstić information content (AvgIpc) is 2.77. The Labute approximate surface area is 109 Å². The number of rotatable bonds is 4. The summed E-state index contributed by atoms with van der Waals surface area (Å²) < 4.78 is 5.42. The zero-order valence-corrected chi connectivity index (χ0v) is 10.6. The lowest BCUT2D eigenvalue weighted by Gasteiger charge is -2.10. The Kier molecular flexibility index (Phi) is 3.37. The topological polar surface area (TPSA) is 107 Å². The van der Waals surface area contributed by atoms with Gasteiger partial charge in [-0.2, -0.15) is 5.10 Å². The lowest BCUT2D eigenvalue weighted by atomic mass is 10.1. The Hall–Kier alpha value is -2.57. The van der Waals surface area contributed by atoms with E-state index in [9.17, 15) is 10.1 Å². The van der Waals surface area contributed by atoms with E-state index in [2.05, 4.69) is 10.2 Å². The number of hydrogen-bond acceptors (Lipinski definition) is 5. The highest BCUT2D eigenvalue weighted by Crippen LogP contribution is 2.38. The molecule has 0 atom stereocenters. The third-order valence-electron chi connectivity index (χ3n) is 2.59. The number of aromatic amines is 1. The first-order valence-corrected chi connectivity index (χ1v) is 5.76. The molecule has 0 spiro atoms. The molecule has 2 aromatic rings. The molecular formula is C12H14N4O3. The molecule has 1 aromatic carbocycles. The van der Waals surface area contributed by atoms with Crippen LogP contribution in [0, 0.1) is 17.0 Å². The minimum atomic E-state index is -0.457. The van der Waals surface area contributed by atoms with E-state index in [-0.39, 0.29) is 11.4 Å². The molecule has 1 aromatic heterocycles. The Morgan fingerprint density at radius 2 is 2.21 bits per heavy atom. The lowest BCUT2D eigenvalue weighted by Crippen LogP contribution is -2.00. The fourth-order valence-corrected chi connectivity index (χ4v) is 1.86. The number of aromatic nitrogens is 2. The molecule has 7 heteroatoms. The van der Waals surface area contributed by atoms with Gasteiger partial charge in [0.2, 0.25) is 5.75 Å². The Bertz CT molecular complexity index is 621. The minimum absolute atomic E-state index is 0.0648. The van der Waals surface area contributed by atoms with E-state index in [1.54, 1.807) is 26.0 Å². The van der Waals surface area contributed by atoms with Crippen molar-refractivity contribution in [2.24, 2.45) is 0 Å². The zero-order chi connectivity index (χ0) is 14.0. The number of nitro groups is 1. The van der Waals surface area contributed by atoms with Crippen LogP contribution in [0.1, 0.15) is 12.5 Å². The summed E-state index contributed by atoms with van der Waals surface area (Å²) in [7, 11) is 0. The second kappa shape index (κ2) is 4.97. The largest absolute Gasteiger partial charge is 0.487 e. The molecule has 0 saturated carbocycles. The van der Waals surface area contributed by atoms with Gasteiger partial charge in [0.15, 0.2) is 0 Å². The van der Waals surface area contributed by atoms with Crippen LogP contribution >= 0.6 is 0 Å². The second-order valence-electron chi connectivity index (χ2n) is 4.06. The van der Waals surface area contributed by atoms with Crippen molar-refractivity contribution in [3.8, 4) is 17.0 Å². The maximum Gasteiger partial charge on any atom is 0.311 e. The number of hydrogen-bond donors (Lipinski definition) is 2. The fourth-order valence-electron chi connectivity index (χ4n) is 1.86. The van der Waals surface area contributed by atoms with Gasteiger partial charge in [-0.05, 0) is 25.5 Å². The highest BCUT2D eigenvalue weighted by Gasteiger charge is 2.22. The predicted molar refractivity (Wildman–Crippen MR) is 71.0 cm³/mol. The number of benzene rings is 1. The Morgan fingerprint density at radius 3 is 2.74 bits per heavy atom. The molecule has 3 N–H and O–H groups in total. The summed E-state index contributed by atoms with van der Waals surface area (Å²) in [6.07, 6.45) is 0. The van der Waals surface area contributed by atoms with Crippen LogP contribution in [0.3, 0.4) is 0 Å². The van der Waals surface area contributed by atoms with Crippen molar-refractivity contribution in [2.75, 3.05) is 12.3 Å². The highest BCUT2D eigenvalue weighted by atomic mass is 16.6. The Balaban J connectivity index is 2.67. The van der Waals surface area contributed by atoms with Gasteiger partial charge >= 0.3 is 5.69 Å². The maximum absolute atomic E-state index is 11.1. The average molecular weight is 262 g/mol. The number of aryl methyl sites for hydroxylation is 1. The first kappa shape index (κ1) is 12.9. The van der Waals surface area contributed by atoms with Crippen molar-refractivity contribution >= 4 is 11.5 Å². The molecule has 0 radical (unpaired) electrons. The first-order valence-electron chi connectivity index (χ1n) is 5.76. The van der Waals surface area contributed by atoms with E-state index in [0.717, 1.165) is 5.56 Å². The standard InChI is InChI=1S/C12H14N4O3/c1-3-19-12-8(9-6-11(13)15-14-9)4-7(2)5-10(12)16(17)18/h4-6H,3H2,1-2H3,(H3,13,14,15). The number of nitrogens with one attached hydrogen (secondary N) is 1. The molecule has 0 bridgehead atoms. The maximum atomic E-state index is 11.1. The van der Waals surface area contributed by atoms with E-state index in [1.807, 2.05) is 0 Å². The molecule has 2 rings (SSSR count). The summed E-state index contributed by atoms with van der Waals surface area (Å²) in [5.41, 5.74) is 7.43. The summed E-state index contributed by atoms with van der Waals surface area (Å²) >= 11 is 0. The van der Waals surface area contributed by atoms with Crippen LogP contribution in [-0.4, -0.2) is 21.7 Å². The van der Waals surface area contributed by atoms with Crippen LogP contribution in [-0.2, 0) is 0 Å². The molecule has 0 aliphatic rings. The van der Waals surface area contributed by atoms with Gasteiger partial charge in [0.25, 0.3) is 0 Å². The number of H-pyrrole nitrogens is 1. The molecule has 0 unspecified atom stereocenters. The molecular weight excluding hydrogens is 248 g/mol. The predicted octanol–water partition coefficient (Wildman–Crippen LogP) is 2.27. The van der Waals surface area contributed by atoms with E-state index >= 15 is 0 Å². The third kappa shape index (κ3) is 2.49. The number of ether oxygens (including phenoxy) is 1. The summed E-state index contributed by atoms with van der Waals surface area (Å²) in [4.78, 5) is 10.7. The SMILES string of the molecule is CCOc1c(-c2cc(N)n[nH]2)cc(C)cc1[N+](=O)[O-]. The van der Waals surface area contributed by atoms with Crippen LogP contribution in [0.25, 0.3) is 11.3 Å². The quantitative estimate of drug-likeness (QED) is 0.649. The van der Waals surface area contributed by atoms with Gasteiger partial charge < -0.3 is 10.5 Å². The van der Waals surface area contributed by atoms with Crippen molar-refractivity contribution in [1.29, 1.82) is 0 Å². The van der Waals surface area contributed by atoms with Gasteiger partial charge in [0.05, 0.1) is 17.2 Å². The van der Waals surface area contributed by atoms with E-state index in [4.69, 9.17) is 10.5 Å². The number of nitrogens with two attached hydrogens (primary N) is 1. The molecule has 0 amide bonds.